The monoisotopic (exact) mass is 316 g/mol. The molecule has 0 heterocycles. The molecule has 23 heavy (non-hydrogen) atoms. The normalized spacial score (nSPS) is 29.7. The fourth-order valence-corrected chi connectivity index (χ4v) is 3.61. The zero-order valence-corrected chi connectivity index (χ0v) is 12.8. The van der Waals surface area contributed by atoms with Crippen molar-refractivity contribution in [3.8, 4) is 0 Å². The van der Waals surface area contributed by atoms with Gasteiger partial charge in [0.05, 0.1) is 5.92 Å². The fourth-order valence-electron chi connectivity index (χ4n) is 3.61. The Labute approximate surface area is 132 Å². The molecule has 120 valence electrons. The van der Waals surface area contributed by atoms with Crippen LogP contribution >= 0.6 is 0 Å². The molecule has 0 aliphatic heterocycles. The summed E-state index contributed by atoms with van der Waals surface area (Å²) >= 11 is 0. The van der Waals surface area contributed by atoms with Gasteiger partial charge in [0, 0.05) is 38.0 Å². The summed E-state index contributed by atoms with van der Waals surface area (Å²) in [6.45, 7) is 1.17. The molecule has 0 spiro atoms. The lowest BCUT2D eigenvalue weighted by Gasteiger charge is -2.47. The van der Waals surface area contributed by atoms with E-state index in [4.69, 9.17) is 9.47 Å². The minimum Gasteiger partial charge on any atom is -0.447 e. The van der Waals surface area contributed by atoms with Crippen molar-refractivity contribution in [2.24, 2.45) is 5.92 Å². The van der Waals surface area contributed by atoms with Crippen molar-refractivity contribution in [1.29, 1.82) is 0 Å². The third-order valence-electron chi connectivity index (χ3n) is 4.55. The number of methoxy groups -OCH3 is 1. The van der Waals surface area contributed by atoms with Gasteiger partial charge in [0.1, 0.15) is 11.9 Å². The first kappa shape index (κ1) is 15.6. The van der Waals surface area contributed by atoms with Gasteiger partial charge in [-0.3, -0.25) is 19.2 Å². The maximum absolute atomic E-state index is 13.1. The van der Waals surface area contributed by atoms with E-state index in [-0.39, 0.29) is 35.5 Å². The lowest BCUT2D eigenvalue weighted by molar-refractivity contribution is -0.179. The third kappa shape index (κ3) is 2.13. The van der Waals surface area contributed by atoms with E-state index in [1.54, 1.807) is 18.2 Å². The molecule has 0 saturated heterocycles. The number of ether oxygens (including phenoxy) is 2. The third-order valence-corrected chi connectivity index (χ3v) is 4.55. The number of carbonyl (C=O) groups is 4. The van der Waals surface area contributed by atoms with Gasteiger partial charge in [-0.1, -0.05) is 24.3 Å². The van der Waals surface area contributed by atoms with Crippen LogP contribution in [0.1, 0.15) is 40.5 Å². The molecule has 6 heteroatoms. The van der Waals surface area contributed by atoms with Crippen LogP contribution in [0.3, 0.4) is 0 Å². The number of benzene rings is 1. The van der Waals surface area contributed by atoms with Gasteiger partial charge in [-0.05, 0) is 0 Å². The second-order valence-corrected chi connectivity index (χ2v) is 5.85. The van der Waals surface area contributed by atoms with Crippen molar-refractivity contribution >= 4 is 23.3 Å². The molecule has 3 atom stereocenters. The summed E-state index contributed by atoms with van der Waals surface area (Å²) in [6.07, 6.45) is -1.17. The summed E-state index contributed by atoms with van der Waals surface area (Å²) in [4.78, 5) is 49.6. The zero-order valence-electron chi connectivity index (χ0n) is 12.8. The van der Waals surface area contributed by atoms with E-state index < -0.39 is 29.4 Å². The smallest absolute Gasteiger partial charge is 0.303 e. The van der Waals surface area contributed by atoms with E-state index >= 15 is 0 Å². The maximum atomic E-state index is 13.1. The number of carbonyl (C=O) groups excluding carboxylic acids is 4. The Morgan fingerprint density at radius 3 is 2.39 bits per heavy atom. The Morgan fingerprint density at radius 1 is 1.13 bits per heavy atom. The molecule has 3 rings (SSSR count). The first-order chi connectivity index (χ1) is 10.9. The lowest BCUT2D eigenvalue weighted by atomic mass is 9.62. The summed E-state index contributed by atoms with van der Waals surface area (Å²) in [5.41, 5.74) is -1.30. The van der Waals surface area contributed by atoms with Gasteiger partial charge in [0.15, 0.2) is 5.78 Å². The Bertz CT molecular complexity index is 722. The average molecular weight is 316 g/mol. The standard InChI is InChI=1S/C17H16O6/c1-9(18)23-17-13(7-10(19)8-14(17)22-2)15(20)11-5-3-4-6-12(11)16(17)21/h3-6,13-14H,7-8H2,1-2H3/t13-,14-,17-/m0/s1. The average Bonchev–Trinajstić information content (AvgIpc) is 2.53. The van der Waals surface area contributed by atoms with E-state index in [0.717, 1.165) is 0 Å². The molecule has 1 aromatic rings. The van der Waals surface area contributed by atoms with E-state index in [1.807, 2.05) is 0 Å². The van der Waals surface area contributed by atoms with Gasteiger partial charge >= 0.3 is 5.97 Å². The minimum absolute atomic E-state index is 0.0680. The number of fused-ring (bicyclic) bond motifs is 2. The van der Waals surface area contributed by atoms with Gasteiger partial charge in [-0.15, -0.1) is 0 Å². The quantitative estimate of drug-likeness (QED) is 0.766. The molecule has 6 nitrogen and oxygen atoms in total. The second-order valence-electron chi connectivity index (χ2n) is 5.85. The highest BCUT2D eigenvalue weighted by molar-refractivity contribution is 6.21. The molecule has 1 aromatic carbocycles. The number of hydrogen-bond donors (Lipinski definition) is 0. The van der Waals surface area contributed by atoms with E-state index in [2.05, 4.69) is 0 Å². The van der Waals surface area contributed by atoms with Crippen molar-refractivity contribution in [3.63, 3.8) is 0 Å². The van der Waals surface area contributed by atoms with Crippen molar-refractivity contribution in [2.45, 2.75) is 31.5 Å². The molecule has 0 radical (unpaired) electrons. The predicted molar refractivity (Wildman–Crippen MR) is 78.1 cm³/mol. The van der Waals surface area contributed by atoms with Crippen molar-refractivity contribution < 1.29 is 28.7 Å². The van der Waals surface area contributed by atoms with Gasteiger partial charge in [0.2, 0.25) is 11.4 Å². The summed E-state index contributed by atoms with van der Waals surface area (Å²) in [6, 6.07) is 6.37. The van der Waals surface area contributed by atoms with E-state index in [1.165, 1.54) is 20.1 Å². The highest BCUT2D eigenvalue weighted by Crippen LogP contribution is 2.45. The molecular formula is C17H16O6. The molecular weight excluding hydrogens is 300 g/mol. The highest BCUT2D eigenvalue weighted by Gasteiger charge is 2.64. The first-order valence-corrected chi connectivity index (χ1v) is 7.34. The van der Waals surface area contributed by atoms with Crippen LogP contribution in [-0.2, 0) is 19.1 Å². The number of Topliss-reactive ketones (excluding diaryl/α,β-unsaturated/α-hetero) is 3. The summed E-state index contributed by atoms with van der Waals surface area (Å²) in [5.74, 6) is -2.76. The molecule has 2 aliphatic carbocycles. The van der Waals surface area contributed by atoms with Gasteiger partial charge in [0.25, 0.3) is 0 Å². The number of esters is 1. The minimum atomic E-state index is -1.76. The van der Waals surface area contributed by atoms with Crippen LogP contribution in [0.15, 0.2) is 24.3 Å². The van der Waals surface area contributed by atoms with Gasteiger partial charge in [-0.25, -0.2) is 0 Å². The van der Waals surface area contributed by atoms with Crippen molar-refractivity contribution in [3.05, 3.63) is 35.4 Å². The topological polar surface area (TPSA) is 86.7 Å². The van der Waals surface area contributed by atoms with Crippen LogP contribution < -0.4 is 0 Å². The molecule has 0 amide bonds. The second kappa shape index (κ2) is 5.38. The van der Waals surface area contributed by atoms with Gasteiger partial charge < -0.3 is 9.47 Å². The molecule has 1 saturated carbocycles. The highest BCUT2D eigenvalue weighted by atomic mass is 16.6. The van der Waals surface area contributed by atoms with Crippen molar-refractivity contribution in [1.82, 2.24) is 0 Å². The summed E-state index contributed by atoms with van der Waals surface area (Å²) < 4.78 is 10.7. The Balaban J connectivity index is 2.25. The largest absolute Gasteiger partial charge is 0.447 e. The predicted octanol–water partition coefficient (Wildman–Crippen LogP) is 1.36. The molecule has 0 aromatic heterocycles. The van der Waals surface area contributed by atoms with E-state index in [9.17, 15) is 19.2 Å². The summed E-state index contributed by atoms with van der Waals surface area (Å²) in [7, 11) is 1.34. The van der Waals surface area contributed by atoms with Crippen LogP contribution in [0.2, 0.25) is 0 Å². The maximum Gasteiger partial charge on any atom is 0.303 e. The fraction of sp³-hybridized carbons (Fsp3) is 0.412. The van der Waals surface area contributed by atoms with Crippen LogP contribution in [0.5, 0.6) is 0 Å². The number of ketones is 3. The molecule has 1 fully saturated rings. The Kier molecular flexibility index (Phi) is 3.64. The molecule has 0 bridgehead atoms. The SMILES string of the molecule is CO[C@H]1CC(=O)C[C@H]2C(=O)c3ccccc3C(=O)[C@@]12OC(C)=O. The van der Waals surface area contributed by atoms with Gasteiger partial charge in [-0.2, -0.15) is 0 Å². The van der Waals surface area contributed by atoms with Crippen molar-refractivity contribution in [2.75, 3.05) is 7.11 Å². The molecule has 2 aliphatic rings. The summed E-state index contributed by atoms with van der Waals surface area (Å²) in [5, 5.41) is 0. The number of hydrogen-bond acceptors (Lipinski definition) is 6. The molecule has 0 unspecified atom stereocenters. The Hall–Kier alpha value is -2.34. The van der Waals surface area contributed by atoms with Crippen LogP contribution in [0, 0.1) is 5.92 Å². The first-order valence-electron chi connectivity index (χ1n) is 7.34. The van der Waals surface area contributed by atoms with E-state index in [0.29, 0.717) is 0 Å². The lowest BCUT2D eigenvalue weighted by Crippen LogP contribution is -2.66. The zero-order chi connectivity index (χ0) is 16.8. The number of rotatable bonds is 2. The van der Waals surface area contributed by atoms with Crippen LogP contribution in [-0.4, -0.2) is 42.1 Å². The van der Waals surface area contributed by atoms with Crippen LogP contribution in [0.4, 0.5) is 0 Å². The molecule has 0 N–H and O–H groups in total. The Morgan fingerprint density at radius 2 is 1.78 bits per heavy atom. The van der Waals surface area contributed by atoms with Crippen LogP contribution in [0.25, 0.3) is 0 Å².